The molecule has 0 bridgehead atoms. The molecule has 29 nitrogen and oxygen atoms in total. The molecular formula is C59H79N19O10. The van der Waals surface area contributed by atoms with Gasteiger partial charge < -0.3 is 58.1 Å². The van der Waals surface area contributed by atoms with Crippen LogP contribution in [-0.4, -0.2) is 259 Å². The third kappa shape index (κ3) is 23.5. The maximum absolute atomic E-state index is 14.1. The predicted molar refractivity (Wildman–Crippen MR) is 330 cm³/mol. The first-order valence-electron chi connectivity index (χ1n) is 28.9. The molecule has 0 spiro atoms. The molecule has 8 radical (unpaired) electrons. The number of β-amino-alcohol motifs (C(OH)–C–C–N with tert-alkyl or cyclic N) is 4. The number of nitrogens with one attached hydrogen (secondary N) is 7. The molecular weight excluding hydrogens is 1130 g/mol. The summed E-state index contributed by atoms with van der Waals surface area (Å²) in [6, 6.07) is 18.0. The van der Waals surface area contributed by atoms with Crippen LogP contribution in [0.1, 0.15) is 28.9 Å². The number of aliphatic hydroxyl groups excluding tert-OH is 2. The molecule has 3 aromatic carbocycles. The number of aromatic amines is 1. The minimum absolute atomic E-state index is 0.00758. The third-order valence-corrected chi connectivity index (χ3v) is 14.5. The first kappa shape index (κ1) is 67.9. The molecule has 5 aromatic rings. The molecule has 4 heterocycles. The average Bonchev–Trinajstić information content (AvgIpc) is 3.59. The number of anilines is 6. The lowest BCUT2D eigenvalue weighted by molar-refractivity contribution is -0.119. The summed E-state index contributed by atoms with van der Waals surface area (Å²) in [4.78, 5) is 110. The highest BCUT2D eigenvalue weighted by atomic mass is 16.5. The van der Waals surface area contributed by atoms with Gasteiger partial charge in [-0.3, -0.25) is 73.0 Å². The van der Waals surface area contributed by atoms with Crippen molar-refractivity contribution in [2.45, 2.75) is 38.0 Å². The molecule has 0 aliphatic carbocycles. The summed E-state index contributed by atoms with van der Waals surface area (Å²) in [5.74, 6) is -2.41. The van der Waals surface area contributed by atoms with Crippen molar-refractivity contribution < 1.29 is 44.4 Å². The molecule has 2 aliphatic rings. The summed E-state index contributed by atoms with van der Waals surface area (Å²) in [6.45, 7) is 7.71. The van der Waals surface area contributed by atoms with Crippen molar-refractivity contribution in [1.82, 2.24) is 64.5 Å². The molecule has 470 valence electrons. The van der Waals surface area contributed by atoms with Crippen LogP contribution in [0, 0.1) is 28.2 Å². The summed E-state index contributed by atoms with van der Waals surface area (Å²) in [7, 11) is 24.6. The standard InChI is InChI=1S/C59H79N19O10/c1-71-19-21-73(3)25-29-77(39-52(82)83)33-31-75(27-23-71)37-50(80)64-44-11-9-43(10-12-44)63-49(79)18-17-48(68-56(86)41-5-7-42(8-6-41)61-35-47-36-62-55-54(66-47)58(88)70-59(60)69-55)57(87)67-46-15-13-45(14-16-46)65-51(81)38-76-28-24-72(2)20-22-74(4)26-30-78(34-32-76)40-53(84)85/h1-16,36,48,52-53,61,82-85H,17-35,37-40H2,(H,63,79)(H,64,80)(H,65,81)(H,67,87)(H,68,86)(H3,60,62,69,70,88). The van der Waals surface area contributed by atoms with Gasteiger partial charge in [0.2, 0.25) is 29.6 Å². The molecule has 1 unspecified atom stereocenters. The van der Waals surface area contributed by atoms with Gasteiger partial charge in [0, 0.05) is 186 Å². The van der Waals surface area contributed by atoms with Gasteiger partial charge in [-0.15, -0.1) is 0 Å². The Morgan fingerprint density at radius 1 is 0.534 bits per heavy atom. The van der Waals surface area contributed by atoms with Crippen LogP contribution < -0.4 is 43.2 Å². The Morgan fingerprint density at radius 2 is 0.932 bits per heavy atom. The number of fused-ring (bicyclic) bond motifs is 1. The molecule has 1 atom stereocenters. The van der Waals surface area contributed by atoms with Crippen LogP contribution in [0.5, 0.6) is 0 Å². The van der Waals surface area contributed by atoms with E-state index in [9.17, 15) is 49.2 Å². The maximum atomic E-state index is 14.1. The van der Waals surface area contributed by atoms with E-state index in [-0.39, 0.29) is 80.1 Å². The molecule has 29 heteroatoms. The van der Waals surface area contributed by atoms with Crippen molar-refractivity contribution in [2.75, 3.05) is 163 Å². The number of hydrogen-bond acceptors (Lipinski definition) is 23. The van der Waals surface area contributed by atoms with Gasteiger partial charge in [-0.2, -0.15) is 4.98 Å². The quantitative estimate of drug-likeness (QED) is 0.0379. The lowest BCUT2D eigenvalue weighted by atomic mass is 10.1. The number of nitrogens with zero attached hydrogens (tertiary/aromatic N) is 11. The molecule has 7 rings (SSSR count). The van der Waals surface area contributed by atoms with E-state index in [1.807, 2.05) is 19.6 Å². The van der Waals surface area contributed by atoms with E-state index in [1.165, 1.54) is 6.20 Å². The summed E-state index contributed by atoms with van der Waals surface area (Å²) in [5, 5.41) is 56.0. The van der Waals surface area contributed by atoms with E-state index >= 15 is 0 Å². The van der Waals surface area contributed by atoms with Gasteiger partial charge in [0.05, 0.1) is 31.5 Å². The van der Waals surface area contributed by atoms with E-state index in [0.717, 1.165) is 0 Å². The summed E-state index contributed by atoms with van der Waals surface area (Å²) < 4.78 is 0. The Kier molecular flexibility index (Phi) is 26.4. The lowest BCUT2D eigenvalue weighted by Crippen LogP contribution is -2.46. The lowest BCUT2D eigenvalue weighted by Gasteiger charge is -2.32. The van der Waals surface area contributed by atoms with E-state index in [2.05, 4.69) is 51.8 Å². The summed E-state index contributed by atoms with van der Waals surface area (Å²) in [6.07, 6.45) is -1.96. The van der Waals surface area contributed by atoms with Crippen molar-refractivity contribution in [3.63, 3.8) is 0 Å². The fourth-order valence-electron chi connectivity index (χ4n) is 9.50. The molecule has 88 heavy (non-hydrogen) atoms. The Morgan fingerprint density at radius 3 is 1.40 bits per heavy atom. The monoisotopic (exact) mass is 1210 g/mol. The average molecular weight is 1210 g/mol. The highest BCUT2D eigenvalue weighted by molar-refractivity contribution is 6.02. The summed E-state index contributed by atoms with van der Waals surface area (Å²) >= 11 is 0. The van der Waals surface area contributed by atoms with Crippen LogP contribution in [0.25, 0.3) is 11.2 Å². The normalized spacial score (nSPS) is 17.2. The zero-order chi connectivity index (χ0) is 63.1. The number of carbonyl (C=O) groups is 5. The second-order valence-electron chi connectivity index (χ2n) is 21.5. The molecule has 5 amide bonds. The van der Waals surface area contributed by atoms with Crippen molar-refractivity contribution in [3.8, 4) is 0 Å². The molecule has 13 N–H and O–H groups in total. The van der Waals surface area contributed by atoms with Gasteiger partial charge in [-0.1, -0.05) is 0 Å². The van der Waals surface area contributed by atoms with E-state index in [4.69, 9.17) is 33.9 Å². The van der Waals surface area contributed by atoms with Gasteiger partial charge in [-0.05, 0) is 79.2 Å². The second kappa shape index (κ2) is 34.2. The molecule has 0 saturated carbocycles. The number of benzene rings is 3. The van der Waals surface area contributed by atoms with Gasteiger partial charge in [0.1, 0.15) is 6.04 Å². The highest BCUT2D eigenvalue weighted by Gasteiger charge is 2.25. The Bertz CT molecular complexity index is 3100. The number of H-pyrrole nitrogens is 1. The number of nitrogen functional groups attached to an aromatic ring is 1. The number of aromatic nitrogens is 4. The van der Waals surface area contributed by atoms with Crippen LogP contribution >= 0.6 is 0 Å². The fourth-order valence-corrected chi connectivity index (χ4v) is 9.50. The number of rotatable bonds is 21. The largest absolute Gasteiger partial charge is 0.379 e. The maximum Gasteiger partial charge on any atom is 0.280 e. The zero-order valence-electron chi connectivity index (χ0n) is 49.0. The number of carbonyl (C=O) groups excluding carboxylic acids is 5. The van der Waals surface area contributed by atoms with Crippen molar-refractivity contribution in [1.29, 1.82) is 0 Å². The van der Waals surface area contributed by atoms with E-state index in [0.29, 0.717) is 139 Å². The number of nitrogens with two attached hydrogens (primary N) is 1. The molecule has 2 aromatic heterocycles. The van der Waals surface area contributed by atoms with Crippen LogP contribution in [-0.2, 0) is 25.7 Å². The van der Waals surface area contributed by atoms with Crippen LogP contribution in [0.15, 0.2) is 83.8 Å². The van der Waals surface area contributed by atoms with Gasteiger partial charge >= 0.3 is 0 Å². The Balaban J connectivity index is 0.960. The second-order valence-corrected chi connectivity index (χ2v) is 21.5. The smallest absolute Gasteiger partial charge is 0.280 e. The first-order valence-corrected chi connectivity index (χ1v) is 28.9. The number of hydrogen-bond donors (Lipinski definition) is 12. The van der Waals surface area contributed by atoms with Gasteiger partial charge in [-0.25, -0.2) is 9.97 Å². The molecule has 2 aliphatic heterocycles. The van der Waals surface area contributed by atoms with Gasteiger partial charge in [0.15, 0.2) is 23.7 Å². The first-order chi connectivity index (χ1) is 42.2. The van der Waals surface area contributed by atoms with Crippen LogP contribution in [0.2, 0.25) is 0 Å². The SMILES string of the molecule is [CH]N1CCN([CH])CCN(CC(O)O)CCN(CC(=O)Nc2ccc(NC(=O)CCC(NC(=O)c3ccc(NCc4cnc5nc(N)[nH]c(=O)c5n4)cc3)C(=O)Nc3ccc(NC(=O)CN4CCN([CH])CCN([CH])CCN(CC(O)O)CC4)cc3)cc2)CC1. The molecule has 2 saturated heterocycles. The van der Waals surface area contributed by atoms with Crippen LogP contribution in [0.4, 0.5) is 34.4 Å². The number of amides is 5. The fraction of sp³-hybridized carbons (Fsp3) is 0.441. The summed E-state index contributed by atoms with van der Waals surface area (Å²) in [5.41, 5.74) is 8.09. The Hall–Kier alpha value is -7.65. The highest BCUT2D eigenvalue weighted by Crippen LogP contribution is 2.19. The van der Waals surface area contributed by atoms with Crippen LogP contribution in [0.3, 0.4) is 0 Å². The minimum Gasteiger partial charge on any atom is -0.379 e. The Labute approximate surface area is 512 Å². The van der Waals surface area contributed by atoms with Crippen molar-refractivity contribution >= 4 is 75.1 Å². The van der Waals surface area contributed by atoms with Crippen molar-refractivity contribution in [3.05, 3.63) is 129 Å². The predicted octanol–water partition coefficient (Wildman–Crippen LogP) is -1.32. The topological polar surface area (TPSA) is 362 Å². The molecule has 2 fully saturated rings. The zero-order valence-corrected chi connectivity index (χ0v) is 49.0. The third-order valence-electron chi connectivity index (χ3n) is 14.5. The van der Waals surface area contributed by atoms with E-state index < -0.39 is 41.9 Å². The van der Waals surface area contributed by atoms with Gasteiger partial charge in [0.25, 0.3) is 11.5 Å². The number of aliphatic hydroxyl groups is 4. The minimum atomic E-state index is -1.54. The van der Waals surface area contributed by atoms with E-state index in [1.54, 1.807) is 92.4 Å². The van der Waals surface area contributed by atoms with Crippen molar-refractivity contribution in [2.24, 2.45) is 0 Å².